The van der Waals surface area contributed by atoms with E-state index in [0.29, 0.717) is 23.5 Å². The smallest absolute Gasteiger partial charge is 0.165 e. The van der Waals surface area contributed by atoms with Crippen LogP contribution in [0.1, 0.15) is 19.5 Å². The van der Waals surface area contributed by atoms with Gasteiger partial charge in [0.1, 0.15) is 6.33 Å². The average molecular weight is 249 g/mol. The lowest BCUT2D eigenvalue weighted by atomic mass is 10.1. The Labute approximate surface area is 105 Å². The van der Waals surface area contributed by atoms with Crippen LogP contribution < -0.4 is 5.73 Å². The number of nitrogens with zero attached hydrogens (tertiary/aromatic N) is 2. The van der Waals surface area contributed by atoms with Crippen LogP contribution in [0.5, 0.6) is 5.75 Å². The Hall–Kier alpha value is -2.01. The molecule has 1 aromatic heterocycles. The molecule has 0 spiro atoms. The number of phenols is 1. The maximum Gasteiger partial charge on any atom is 0.165 e. The molecule has 0 aliphatic rings. The number of benzene rings is 1. The maximum atomic E-state index is 13.1. The van der Waals surface area contributed by atoms with Crippen LogP contribution in [0.25, 0.3) is 11.3 Å². The van der Waals surface area contributed by atoms with Gasteiger partial charge in [0.2, 0.25) is 0 Å². The molecule has 2 aromatic rings. The average Bonchev–Trinajstić information content (AvgIpc) is 2.44. The number of nitrogens with two attached hydrogens (primary N) is 1. The Morgan fingerprint density at radius 3 is 2.56 bits per heavy atom. The van der Waals surface area contributed by atoms with Crippen molar-refractivity contribution in [3.8, 4) is 17.0 Å². The molecule has 0 amide bonds. The normalized spacial score (nSPS) is 9.56. The van der Waals surface area contributed by atoms with Gasteiger partial charge in [0.25, 0.3) is 0 Å². The molecule has 96 valence electrons. The second-order valence-electron chi connectivity index (χ2n) is 3.26. The molecular weight excluding hydrogens is 233 g/mol. The molecule has 0 radical (unpaired) electrons. The molecule has 0 saturated carbocycles. The van der Waals surface area contributed by atoms with Crippen LogP contribution in [0.4, 0.5) is 4.39 Å². The Morgan fingerprint density at radius 1 is 1.22 bits per heavy atom. The first kappa shape index (κ1) is 14.1. The highest BCUT2D eigenvalue weighted by atomic mass is 19.1. The molecular formula is C13H16FN3O. The summed E-state index contributed by atoms with van der Waals surface area (Å²) in [6.45, 7) is 4.30. The maximum absolute atomic E-state index is 13.1. The third kappa shape index (κ3) is 3.24. The predicted molar refractivity (Wildman–Crippen MR) is 68.3 cm³/mol. The molecule has 2 rings (SSSR count). The molecule has 4 nitrogen and oxygen atoms in total. The molecule has 0 atom stereocenters. The first-order chi connectivity index (χ1) is 8.70. The number of aromatic nitrogens is 2. The monoisotopic (exact) mass is 249 g/mol. The van der Waals surface area contributed by atoms with E-state index < -0.39 is 5.82 Å². The molecule has 0 aliphatic carbocycles. The summed E-state index contributed by atoms with van der Waals surface area (Å²) >= 11 is 0. The minimum absolute atomic E-state index is 0.302. The summed E-state index contributed by atoms with van der Waals surface area (Å²) in [4.78, 5) is 7.96. The van der Waals surface area contributed by atoms with Crippen LogP contribution in [0.3, 0.4) is 0 Å². The van der Waals surface area contributed by atoms with Crippen LogP contribution in [0.15, 0.2) is 30.6 Å². The van der Waals surface area contributed by atoms with Crippen molar-refractivity contribution in [2.75, 3.05) is 0 Å². The summed E-state index contributed by atoms with van der Waals surface area (Å²) in [6, 6.07) is 5.78. The number of hydrogen-bond donors (Lipinski definition) is 2. The van der Waals surface area contributed by atoms with Crippen LogP contribution in [-0.4, -0.2) is 15.1 Å². The molecule has 0 saturated heterocycles. The van der Waals surface area contributed by atoms with Gasteiger partial charge in [0, 0.05) is 12.1 Å². The van der Waals surface area contributed by atoms with Gasteiger partial charge in [-0.1, -0.05) is 13.8 Å². The topological polar surface area (TPSA) is 72.0 Å². The predicted octanol–water partition coefficient (Wildman–Crippen LogP) is 2.47. The molecule has 18 heavy (non-hydrogen) atoms. The van der Waals surface area contributed by atoms with Gasteiger partial charge in [0.15, 0.2) is 11.6 Å². The van der Waals surface area contributed by atoms with Gasteiger partial charge in [0.05, 0.1) is 11.4 Å². The second kappa shape index (κ2) is 6.66. The van der Waals surface area contributed by atoms with E-state index in [0.717, 1.165) is 0 Å². The minimum atomic E-state index is -0.676. The van der Waals surface area contributed by atoms with Gasteiger partial charge in [-0.05, 0) is 24.3 Å². The Morgan fingerprint density at radius 2 is 1.94 bits per heavy atom. The molecule has 3 N–H and O–H groups in total. The van der Waals surface area contributed by atoms with Crippen molar-refractivity contribution in [3.63, 3.8) is 0 Å². The van der Waals surface area contributed by atoms with E-state index in [1.54, 1.807) is 12.1 Å². The van der Waals surface area contributed by atoms with E-state index in [-0.39, 0.29) is 5.75 Å². The van der Waals surface area contributed by atoms with Crippen LogP contribution in [-0.2, 0) is 6.54 Å². The summed E-state index contributed by atoms with van der Waals surface area (Å²) in [7, 11) is 0. The lowest BCUT2D eigenvalue weighted by Crippen LogP contribution is -2.00. The summed E-state index contributed by atoms with van der Waals surface area (Å²) in [5.74, 6) is -1.05. The number of hydrogen-bond acceptors (Lipinski definition) is 4. The van der Waals surface area contributed by atoms with E-state index >= 15 is 0 Å². The van der Waals surface area contributed by atoms with Crippen molar-refractivity contribution >= 4 is 0 Å². The van der Waals surface area contributed by atoms with E-state index in [1.165, 1.54) is 18.5 Å². The Balaban J connectivity index is 0.000000771. The third-order valence-corrected chi connectivity index (χ3v) is 2.18. The van der Waals surface area contributed by atoms with Crippen LogP contribution in [0, 0.1) is 5.82 Å². The highest BCUT2D eigenvalue weighted by molar-refractivity contribution is 5.60. The van der Waals surface area contributed by atoms with Gasteiger partial charge in [-0.15, -0.1) is 0 Å². The van der Waals surface area contributed by atoms with Crippen molar-refractivity contribution in [1.82, 2.24) is 9.97 Å². The largest absolute Gasteiger partial charge is 0.505 e. The van der Waals surface area contributed by atoms with E-state index in [2.05, 4.69) is 9.97 Å². The highest BCUT2D eigenvalue weighted by Gasteiger charge is 2.05. The van der Waals surface area contributed by atoms with Crippen molar-refractivity contribution < 1.29 is 9.50 Å². The van der Waals surface area contributed by atoms with Gasteiger partial charge in [-0.3, -0.25) is 0 Å². The fourth-order valence-electron chi connectivity index (χ4n) is 1.33. The molecule has 1 heterocycles. The van der Waals surface area contributed by atoms with Crippen LogP contribution in [0.2, 0.25) is 0 Å². The van der Waals surface area contributed by atoms with Crippen molar-refractivity contribution in [2.45, 2.75) is 20.4 Å². The van der Waals surface area contributed by atoms with E-state index in [1.807, 2.05) is 13.8 Å². The van der Waals surface area contributed by atoms with Gasteiger partial charge in [-0.25, -0.2) is 14.4 Å². The lowest BCUT2D eigenvalue weighted by molar-refractivity contribution is 0.432. The first-order valence-corrected chi connectivity index (χ1v) is 5.70. The van der Waals surface area contributed by atoms with E-state index in [4.69, 9.17) is 10.8 Å². The number of rotatable bonds is 2. The summed E-state index contributed by atoms with van der Waals surface area (Å²) in [6.07, 6.45) is 1.38. The summed E-state index contributed by atoms with van der Waals surface area (Å²) in [5.41, 5.74) is 7.28. The summed E-state index contributed by atoms with van der Waals surface area (Å²) in [5, 5.41) is 9.06. The minimum Gasteiger partial charge on any atom is -0.505 e. The van der Waals surface area contributed by atoms with Crippen molar-refractivity contribution in [3.05, 3.63) is 42.1 Å². The Kier molecular flexibility index (Phi) is 5.20. The SMILES string of the molecule is CC.NCc1cc(-c2ccc(O)c(F)c2)ncn1. The molecule has 1 aromatic carbocycles. The highest BCUT2D eigenvalue weighted by Crippen LogP contribution is 2.23. The third-order valence-electron chi connectivity index (χ3n) is 2.18. The molecule has 0 bridgehead atoms. The molecule has 0 unspecified atom stereocenters. The number of aromatic hydroxyl groups is 1. The second-order valence-corrected chi connectivity index (χ2v) is 3.26. The molecule has 5 heteroatoms. The lowest BCUT2D eigenvalue weighted by Gasteiger charge is -2.03. The fraction of sp³-hybridized carbons (Fsp3) is 0.231. The summed E-state index contributed by atoms with van der Waals surface area (Å²) < 4.78 is 13.1. The van der Waals surface area contributed by atoms with Crippen LogP contribution >= 0.6 is 0 Å². The zero-order chi connectivity index (χ0) is 13.5. The van der Waals surface area contributed by atoms with Crippen molar-refractivity contribution in [2.24, 2.45) is 5.73 Å². The zero-order valence-electron chi connectivity index (χ0n) is 10.4. The molecule has 0 aliphatic heterocycles. The number of phenolic OH excluding ortho intramolecular Hbond substituents is 1. The number of halogens is 1. The van der Waals surface area contributed by atoms with E-state index in [9.17, 15) is 4.39 Å². The Bertz CT molecular complexity index is 517. The van der Waals surface area contributed by atoms with Gasteiger partial charge >= 0.3 is 0 Å². The van der Waals surface area contributed by atoms with Crippen molar-refractivity contribution in [1.29, 1.82) is 0 Å². The van der Waals surface area contributed by atoms with Gasteiger partial charge < -0.3 is 10.8 Å². The first-order valence-electron chi connectivity index (χ1n) is 5.70. The standard InChI is InChI=1S/C11H10FN3O.C2H6/c12-9-3-7(1-2-11(9)16)10-4-8(5-13)14-6-15-10;1-2/h1-4,6,16H,5,13H2;1-2H3. The molecule has 0 fully saturated rings. The van der Waals surface area contributed by atoms with Gasteiger partial charge in [-0.2, -0.15) is 0 Å². The fourth-order valence-corrected chi connectivity index (χ4v) is 1.33. The quantitative estimate of drug-likeness (QED) is 0.857. The zero-order valence-corrected chi connectivity index (χ0v) is 10.4.